The predicted octanol–water partition coefficient (Wildman–Crippen LogP) is 7.91. The van der Waals surface area contributed by atoms with Crippen molar-refractivity contribution in [2.24, 2.45) is 0 Å². The first kappa shape index (κ1) is 37.1. The summed E-state index contributed by atoms with van der Waals surface area (Å²) >= 11 is 0. The van der Waals surface area contributed by atoms with Gasteiger partial charge in [-0.05, 0) is 64.3 Å². The van der Waals surface area contributed by atoms with Gasteiger partial charge in [-0.25, -0.2) is 0 Å². The molecule has 0 fully saturated rings. The summed E-state index contributed by atoms with van der Waals surface area (Å²) in [7, 11) is -1.49. The maximum Gasteiger partial charge on any atom is 0.339 e. The molecule has 10 heteroatoms. The first-order chi connectivity index (χ1) is 24.4. The lowest BCUT2D eigenvalue weighted by Crippen LogP contribution is -2.68. The molecule has 0 radical (unpaired) electrons. The molecule has 0 saturated carbocycles. The van der Waals surface area contributed by atoms with Gasteiger partial charge in [-0.1, -0.05) is 111 Å². The van der Waals surface area contributed by atoms with Crippen molar-refractivity contribution in [3.8, 4) is 34.5 Å². The van der Waals surface area contributed by atoms with E-state index in [0.717, 1.165) is 15.9 Å². The lowest BCUT2D eigenvalue weighted by atomic mass is 10.1. The second kappa shape index (κ2) is 15.4. The summed E-state index contributed by atoms with van der Waals surface area (Å²) in [5.41, 5.74) is 2.07. The van der Waals surface area contributed by atoms with Crippen LogP contribution in [0.2, 0.25) is 5.04 Å². The molecule has 0 N–H and O–H groups in total. The Morgan fingerprint density at radius 2 is 1.12 bits per heavy atom. The average molecular weight is 725 g/mol. The molecule has 51 heavy (non-hydrogen) atoms. The van der Waals surface area contributed by atoms with E-state index >= 15 is 0 Å². The van der Waals surface area contributed by atoms with Crippen LogP contribution >= 0.6 is 0 Å². The third-order valence-electron chi connectivity index (χ3n) is 8.64. The van der Waals surface area contributed by atoms with Gasteiger partial charge in [0.25, 0.3) is 0 Å². The van der Waals surface area contributed by atoms with E-state index in [2.05, 4.69) is 45.0 Å². The van der Waals surface area contributed by atoms with E-state index in [1.165, 1.54) is 19.2 Å². The van der Waals surface area contributed by atoms with Crippen LogP contribution in [0.1, 0.15) is 37.5 Å². The van der Waals surface area contributed by atoms with Crippen LogP contribution in [0.5, 0.6) is 34.5 Å². The van der Waals surface area contributed by atoms with Crippen molar-refractivity contribution >= 4 is 41.0 Å². The van der Waals surface area contributed by atoms with Gasteiger partial charge in [-0.15, -0.1) is 0 Å². The molecule has 0 aliphatic heterocycles. The number of hydrogen-bond donors (Lipinski definition) is 0. The van der Waals surface area contributed by atoms with Crippen molar-refractivity contribution in [1.29, 1.82) is 0 Å². The lowest BCUT2D eigenvalue weighted by Gasteiger charge is -2.43. The molecule has 0 heterocycles. The minimum atomic E-state index is -4.34. The molecule has 8 nitrogen and oxygen atoms in total. The molecule has 0 spiro atoms. The minimum Gasteiger partial charge on any atom is -0.529 e. The van der Waals surface area contributed by atoms with Crippen LogP contribution in [0.25, 0.3) is 12.2 Å². The van der Waals surface area contributed by atoms with Gasteiger partial charge >= 0.3 is 18.4 Å². The average Bonchev–Trinajstić information content (AvgIpc) is 3.13. The lowest BCUT2D eigenvalue weighted by molar-refractivity contribution is 0.324. The first-order valence-electron chi connectivity index (χ1n) is 16.4. The summed E-state index contributed by atoms with van der Waals surface area (Å²) in [4.78, 5) is 0.00637. The zero-order valence-corrected chi connectivity index (χ0v) is 32.0. The summed E-state index contributed by atoms with van der Waals surface area (Å²) in [5, 5.41) is 1.54. The molecule has 5 aromatic carbocycles. The molecule has 0 aromatic heterocycles. The molecule has 0 atom stereocenters. The maximum atomic E-state index is 14.1. The number of rotatable bonds is 13. The smallest absolute Gasteiger partial charge is 0.339 e. The second-order valence-corrected chi connectivity index (χ2v) is 18.7. The van der Waals surface area contributed by atoms with Gasteiger partial charge < -0.3 is 27.6 Å². The number of benzene rings is 5. The molecule has 0 aliphatic carbocycles. The predicted molar refractivity (Wildman–Crippen MR) is 205 cm³/mol. The van der Waals surface area contributed by atoms with Crippen molar-refractivity contribution in [2.45, 2.75) is 37.6 Å². The van der Waals surface area contributed by atoms with Crippen molar-refractivity contribution in [2.75, 3.05) is 28.4 Å². The molecule has 0 unspecified atom stereocenters. The minimum absolute atomic E-state index is 0.00637. The van der Waals surface area contributed by atoms with Gasteiger partial charge in [0.2, 0.25) is 5.75 Å². The summed E-state index contributed by atoms with van der Waals surface area (Å²) in [5.74, 6) is 1.89. The van der Waals surface area contributed by atoms with E-state index in [-0.39, 0.29) is 16.4 Å². The van der Waals surface area contributed by atoms with Gasteiger partial charge in [0.15, 0.2) is 28.7 Å². The highest BCUT2D eigenvalue weighted by Crippen LogP contribution is 2.47. The van der Waals surface area contributed by atoms with Gasteiger partial charge in [0.05, 0.1) is 28.4 Å². The Balaban J connectivity index is 1.79. The van der Waals surface area contributed by atoms with E-state index in [9.17, 15) is 8.42 Å². The van der Waals surface area contributed by atoms with Gasteiger partial charge in [0, 0.05) is 5.56 Å². The van der Waals surface area contributed by atoms with Crippen molar-refractivity contribution < 1.29 is 36.0 Å². The Morgan fingerprint density at radius 1 is 0.588 bits per heavy atom. The Kier molecular flexibility index (Phi) is 11.2. The summed E-state index contributed by atoms with van der Waals surface area (Å²) in [6.07, 6.45) is 3.57. The van der Waals surface area contributed by atoms with Crippen LogP contribution in [-0.4, -0.2) is 45.2 Å². The number of aryl methyl sites for hydroxylation is 1. The quantitative estimate of drug-likeness (QED) is 0.0688. The van der Waals surface area contributed by atoms with Crippen molar-refractivity contribution in [1.82, 2.24) is 0 Å². The molecule has 0 saturated heterocycles. The summed E-state index contributed by atoms with van der Waals surface area (Å²) in [6.45, 7) is 8.32. The molecule has 5 aromatic rings. The highest BCUT2D eigenvalue weighted by molar-refractivity contribution is 7.87. The fraction of sp³-hybridized carbons (Fsp3) is 0.220. The van der Waals surface area contributed by atoms with Gasteiger partial charge in [-0.2, -0.15) is 8.42 Å². The van der Waals surface area contributed by atoms with Crippen LogP contribution in [-0.2, 0) is 10.1 Å². The fourth-order valence-electron chi connectivity index (χ4n) is 6.08. The number of ether oxygens (including phenoxy) is 4. The summed E-state index contributed by atoms with van der Waals surface area (Å²) in [6, 6.07) is 33.7. The topological polar surface area (TPSA) is 89.5 Å². The third kappa shape index (κ3) is 7.62. The van der Waals surface area contributed by atoms with Crippen LogP contribution < -0.4 is 37.9 Å². The van der Waals surface area contributed by atoms with E-state index in [1.807, 2.05) is 49.4 Å². The van der Waals surface area contributed by atoms with Gasteiger partial charge in [0.1, 0.15) is 4.90 Å². The zero-order valence-electron chi connectivity index (χ0n) is 30.2. The standard InChI is InChI=1S/C41H44O8SSi/c1-29-19-24-32(25-20-29)50(42,43)48-38-31(22-21-30-27-36(45-6)39(47-8)37(28-30)46-7)23-26-35(44-5)40(38)49-51(41(2,3)4,33-15-11-9-12-16-33)34-17-13-10-14-18-34/h9-28H,1-8H3/b22-21+. The Morgan fingerprint density at radius 3 is 1.59 bits per heavy atom. The molecule has 0 amide bonds. The zero-order chi connectivity index (χ0) is 36.8. The fourth-order valence-corrected chi connectivity index (χ4v) is 11.5. The maximum absolute atomic E-state index is 14.1. The van der Waals surface area contributed by atoms with E-state index in [0.29, 0.717) is 34.1 Å². The highest BCUT2D eigenvalue weighted by Gasteiger charge is 2.53. The first-order valence-corrected chi connectivity index (χ1v) is 19.7. The normalized spacial score (nSPS) is 12.0. The Hall–Kier alpha value is -5.19. The third-order valence-corrected chi connectivity index (χ3v) is 14.8. The molecule has 5 rings (SSSR count). The van der Waals surface area contributed by atoms with Gasteiger partial charge in [-0.3, -0.25) is 0 Å². The van der Waals surface area contributed by atoms with Crippen molar-refractivity contribution in [3.63, 3.8) is 0 Å². The molecular weight excluding hydrogens is 681 g/mol. The summed E-state index contributed by atoms with van der Waals surface area (Å²) < 4.78 is 64.2. The van der Waals surface area contributed by atoms with E-state index in [4.69, 9.17) is 27.6 Å². The monoisotopic (exact) mass is 724 g/mol. The van der Waals surface area contributed by atoms with Crippen LogP contribution in [0.15, 0.2) is 114 Å². The Labute approximate surface area is 302 Å². The van der Waals surface area contributed by atoms with E-state index < -0.39 is 23.5 Å². The van der Waals surface area contributed by atoms with Crippen molar-refractivity contribution in [3.05, 3.63) is 126 Å². The number of hydrogen-bond acceptors (Lipinski definition) is 8. The molecule has 0 aliphatic rings. The largest absolute Gasteiger partial charge is 0.529 e. The molecular formula is C41H44O8SSi. The highest BCUT2D eigenvalue weighted by atomic mass is 32.2. The van der Waals surface area contributed by atoms with Crippen LogP contribution in [0, 0.1) is 6.92 Å². The SMILES string of the molecule is COc1cc(/C=C/c2ccc(OC)c(O[Si](c3ccccc3)(c3ccccc3)C(C)(C)C)c2OS(=O)(=O)c2ccc(C)cc2)cc(OC)c1OC. The second-order valence-electron chi connectivity index (χ2n) is 12.9. The van der Waals surface area contributed by atoms with E-state index in [1.54, 1.807) is 63.8 Å². The Bertz CT molecular complexity index is 2030. The van der Waals surface area contributed by atoms with Crippen LogP contribution in [0.3, 0.4) is 0 Å². The molecule has 0 bridgehead atoms. The van der Waals surface area contributed by atoms with Crippen LogP contribution in [0.4, 0.5) is 0 Å². The number of methoxy groups -OCH3 is 4. The molecule has 266 valence electrons.